The van der Waals surface area contributed by atoms with Gasteiger partial charge in [0.2, 0.25) is 0 Å². The normalized spacial score (nSPS) is 16.4. The van der Waals surface area contributed by atoms with Gasteiger partial charge in [-0.25, -0.2) is 0 Å². The van der Waals surface area contributed by atoms with Crippen LogP contribution in [-0.4, -0.2) is 73.0 Å². The number of fused-ring (bicyclic) bond motifs is 3. The van der Waals surface area contributed by atoms with Crippen LogP contribution < -0.4 is 43.7 Å². The Bertz CT molecular complexity index is 2540. The number of hydrogen-bond acceptors (Lipinski definition) is 2. The van der Waals surface area contributed by atoms with Crippen LogP contribution >= 0.6 is 0 Å². The molecule has 10 heteroatoms. The van der Waals surface area contributed by atoms with E-state index in [1.165, 1.54) is 77.0 Å². The highest BCUT2D eigenvalue weighted by Crippen LogP contribution is 2.48. The SMILES string of the molecule is Bc1c(B)c(B)c(C(C)/C=C\c2ccc3c(c2C)[C@@H](CC)/C(c2c4ccccc4c(-c4c(B)c(B)c(O)c(O)c4B)c4ccccc24)=C\C/C=C\3)c(B)c1B. The molecule has 55 heavy (non-hydrogen) atoms. The minimum absolute atomic E-state index is 0.0363. The van der Waals surface area contributed by atoms with E-state index < -0.39 is 0 Å². The zero-order chi connectivity index (χ0) is 39.5. The van der Waals surface area contributed by atoms with Crippen molar-refractivity contribution in [3.05, 3.63) is 112 Å². The number of benzene rings is 6. The predicted molar refractivity (Wildman–Crippen MR) is 265 cm³/mol. The van der Waals surface area contributed by atoms with Crippen molar-refractivity contribution in [1.29, 1.82) is 0 Å². The number of aromatic hydroxyl groups is 2. The third kappa shape index (κ3) is 6.27. The lowest BCUT2D eigenvalue weighted by Gasteiger charge is -2.29. The summed E-state index contributed by atoms with van der Waals surface area (Å²) < 4.78 is 0. The molecule has 1 unspecified atom stereocenters. The molecule has 0 saturated carbocycles. The molecular weight excluding hydrogens is 659 g/mol. The van der Waals surface area contributed by atoms with E-state index in [4.69, 9.17) is 0 Å². The number of hydrogen-bond donors (Lipinski definition) is 2. The quantitative estimate of drug-likeness (QED) is 0.123. The first kappa shape index (κ1) is 38.5. The average molecular weight is 707 g/mol. The molecular formula is C45H48B8O2. The second-order valence-electron chi connectivity index (χ2n) is 16.0. The molecule has 0 saturated heterocycles. The number of allylic oxidation sites excluding steroid dienone is 4. The molecule has 1 aliphatic carbocycles. The summed E-state index contributed by atoms with van der Waals surface area (Å²) in [5, 5.41) is 26.6. The fraction of sp³-hybridized carbons (Fsp3) is 0.156. The average Bonchev–Trinajstić information content (AvgIpc) is 3.18. The lowest BCUT2D eigenvalue weighted by atomic mass is 9.59. The molecule has 0 aromatic heterocycles. The molecule has 0 radical (unpaired) electrons. The van der Waals surface area contributed by atoms with Gasteiger partial charge in [-0.05, 0) is 103 Å². The summed E-state index contributed by atoms with van der Waals surface area (Å²) in [7, 11) is 17.2. The first-order valence-electron chi connectivity index (χ1n) is 20.0. The third-order valence-electron chi connectivity index (χ3n) is 13.3. The van der Waals surface area contributed by atoms with Gasteiger partial charge in [0.15, 0.2) is 5.75 Å². The molecule has 2 nitrogen and oxygen atoms in total. The van der Waals surface area contributed by atoms with Crippen LogP contribution in [0.1, 0.15) is 71.9 Å². The predicted octanol–water partition coefficient (Wildman–Crippen LogP) is -1.74. The van der Waals surface area contributed by atoms with Crippen LogP contribution in [0.25, 0.3) is 50.4 Å². The van der Waals surface area contributed by atoms with Gasteiger partial charge in [-0.1, -0.05) is 127 Å². The van der Waals surface area contributed by atoms with Crippen molar-refractivity contribution in [2.45, 2.75) is 45.4 Å². The fourth-order valence-electron chi connectivity index (χ4n) is 9.70. The molecule has 7 rings (SSSR count). The summed E-state index contributed by atoms with van der Waals surface area (Å²) in [5.74, 6) is 0.389. The Morgan fingerprint density at radius 1 is 0.655 bits per heavy atom. The molecule has 0 heterocycles. The number of rotatable bonds is 6. The third-order valence-corrected chi connectivity index (χ3v) is 13.3. The first-order chi connectivity index (χ1) is 26.3. The van der Waals surface area contributed by atoms with Gasteiger partial charge in [-0.15, -0.1) is 16.4 Å². The van der Waals surface area contributed by atoms with E-state index in [1.54, 1.807) is 0 Å². The van der Waals surface area contributed by atoms with Gasteiger partial charge < -0.3 is 10.2 Å². The molecule has 6 aromatic rings. The van der Waals surface area contributed by atoms with Gasteiger partial charge in [0.1, 0.15) is 68.5 Å². The van der Waals surface area contributed by atoms with Crippen LogP contribution in [0.15, 0.2) is 78.9 Å². The van der Waals surface area contributed by atoms with Gasteiger partial charge in [-0.2, -0.15) is 0 Å². The van der Waals surface area contributed by atoms with Crippen LogP contribution in [0, 0.1) is 6.92 Å². The van der Waals surface area contributed by atoms with Crippen molar-refractivity contribution in [1.82, 2.24) is 0 Å². The smallest absolute Gasteiger partial charge is 0.150 e. The second-order valence-corrected chi connectivity index (χ2v) is 16.0. The zero-order valence-electron chi connectivity index (χ0n) is 34.6. The van der Waals surface area contributed by atoms with Crippen LogP contribution in [0.2, 0.25) is 0 Å². The minimum atomic E-state index is -0.0448. The molecule has 0 spiro atoms. The van der Waals surface area contributed by atoms with E-state index in [0.717, 1.165) is 40.2 Å². The van der Waals surface area contributed by atoms with Crippen molar-refractivity contribution >= 4 is 146 Å². The topological polar surface area (TPSA) is 40.5 Å². The number of phenolic OH excluding ortho intramolecular Hbond substituents is 2. The van der Waals surface area contributed by atoms with Crippen molar-refractivity contribution in [2.75, 3.05) is 0 Å². The van der Waals surface area contributed by atoms with Gasteiger partial charge in [-0.3, -0.25) is 0 Å². The molecule has 0 aliphatic heterocycles. The van der Waals surface area contributed by atoms with Crippen molar-refractivity contribution in [2.24, 2.45) is 0 Å². The molecule has 2 atom stereocenters. The van der Waals surface area contributed by atoms with Crippen LogP contribution in [0.5, 0.6) is 11.5 Å². The summed E-state index contributed by atoms with van der Waals surface area (Å²) in [6, 6.07) is 22.2. The summed E-state index contributed by atoms with van der Waals surface area (Å²) in [6.07, 6.45) is 13.7. The summed E-state index contributed by atoms with van der Waals surface area (Å²) in [5.41, 5.74) is 20.9. The van der Waals surface area contributed by atoms with Crippen LogP contribution in [-0.2, 0) is 0 Å². The molecule has 2 N–H and O–H groups in total. The van der Waals surface area contributed by atoms with Crippen LogP contribution in [0.3, 0.4) is 0 Å². The molecule has 0 fully saturated rings. The molecule has 0 amide bonds. The van der Waals surface area contributed by atoms with Crippen LogP contribution in [0.4, 0.5) is 0 Å². The van der Waals surface area contributed by atoms with Gasteiger partial charge >= 0.3 is 0 Å². The number of phenols is 2. The Morgan fingerprint density at radius 3 is 1.75 bits per heavy atom. The highest BCUT2D eigenvalue weighted by molar-refractivity contribution is 6.67. The molecule has 6 aromatic carbocycles. The summed E-state index contributed by atoms with van der Waals surface area (Å²) in [6.45, 7) is 6.99. The maximum atomic E-state index is 11.1. The molecule has 1 aliphatic rings. The maximum Gasteiger partial charge on any atom is 0.150 e. The van der Waals surface area contributed by atoms with Gasteiger partial charge in [0.25, 0.3) is 0 Å². The minimum Gasteiger partial charge on any atom is -0.505 e. The van der Waals surface area contributed by atoms with E-state index in [9.17, 15) is 10.2 Å². The standard InChI is InChI=1S/C45H48B8O2/c1-4-25-26(12-6-5-11-24-20-19-23(22(3)32(24)25)18-17-21(2)31-36(46)40(50)42(52)41(51)37(31)47)33-27-13-7-9-15-29(27)34(30-16-10-8-14-28(30)33)35-38(48)43(53)45(55)44(54)39(35)49/h5,7-21,25,54-55H,4,6,46-53H2,1-3H3/b11-5-,18-17-,26-12+/t21?,25-/m0/s1. The highest BCUT2D eigenvalue weighted by atomic mass is 16.3. The van der Waals surface area contributed by atoms with Gasteiger partial charge in [0, 0.05) is 5.92 Å². The zero-order valence-corrected chi connectivity index (χ0v) is 34.6. The molecule has 0 bridgehead atoms. The van der Waals surface area contributed by atoms with E-state index in [1.807, 2.05) is 15.7 Å². The van der Waals surface area contributed by atoms with Crippen molar-refractivity contribution < 1.29 is 10.2 Å². The van der Waals surface area contributed by atoms with Gasteiger partial charge in [0.05, 0.1) is 0 Å². The largest absolute Gasteiger partial charge is 0.505 e. The maximum absolute atomic E-state index is 11.1. The molecule has 264 valence electrons. The van der Waals surface area contributed by atoms with E-state index in [0.29, 0.717) is 16.8 Å². The Balaban J connectivity index is 1.43. The van der Waals surface area contributed by atoms with Crippen molar-refractivity contribution in [3.63, 3.8) is 0 Å². The van der Waals surface area contributed by atoms with E-state index in [-0.39, 0.29) is 17.4 Å². The summed E-state index contributed by atoms with van der Waals surface area (Å²) >= 11 is 0. The summed E-state index contributed by atoms with van der Waals surface area (Å²) in [4.78, 5) is 0. The highest BCUT2D eigenvalue weighted by Gasteiger charge is 2.28. The van der Waals surface area contributed by atoms with E-state index in [2.05, 4.69) is 159 Å². The fourth-order valence-corrected chi connectivity index (χ4v) is 9.70. The Hall–Kier alpha value is -4.82. The van der Waals surface area contributed by atoms with Crippen molar-refractivity contribution in [3.8, 4) is 22.6 Å². The monoisotopic (exact) mass is 708 g/mol. The lowest BCUT2D eigenvalue weighted by Crippen LogP contribution is -2.56. The first-order valence-corrected chi connectivity index (χ1v) is 20.0. The Morgan fingerprint density at radius 2 is 1.18 bits per heavy atom. The second kappa shape index (κ2) is 15.0. The lowest BCUT2D eigenvalue weighted by molar-refractivity contribution is 0.410. The van der Waals surface area contributed by atoms with E-state index >= 15 is 0 Å². The Kier molecular flexibility index (Phi) is 10.5. The Labute approximate surface area is 334 Å².